The van der Waals surface area contributed by atoms with E-state index >= 15 is 9.59 Å². The highest BCUT2D eigenvalue weighted by atomic mass is 16.6. The largest absolute Gasteiger partial charge is 0.508 e. The Morgan fingerprint density at radius 3 is 1.95 bits per heavy atom. The van der Waals surface area contributed by atoms with Crippen molar-refractivity contribution in [2.45, 2.75) is 129 Å². The number of aliphatic hydroxyl groups is 1. The molecule has 1 aliphatic heterocycles. The number of cyclic esters (lactones) is 1. The zero-order valence-corrected chi connectivity index (χ0v) is 46.4. The molecule has 1 heterocycles. The highest BCUT2D eigenvalue weighted by Crippen LogP contribution is 2.25. The molecule has 7 atom stereocenters. The van der Waals surface area contributed by atoms with Gasteiger partial charge in [-0.1, -0.05) is 39.8 Å². The van der Waals surface area contributed by atoms with E-state index in [1.54, 1.807) is 64.1 Å². The van der Waals surface area contributed by atoms with Crippen LogP contribution in [-0.4, -0.2) is 148 Å². The van der Waals surface area contributed by atoms with E-state index in [9.17, 15) is 49.1 Å². The topological polar surface area (TPSA) is 411 Å². The number of phenolic OH excluding ortho intramolecular Hbond substituents is 1. The summed E-state index contributed by atoms with van der Waals surface area (Å²) in [7, 11) is 0. The van der Waals surface area contributed by atoms with E-state index in [1.165, 1.54) is 48.2 Å². The molecule has 81 heavy (non-hydrogen) atoms. The number of aliphatic imine (C=N–C) groups is 1. The van der Waals surface area contributed by atoms with Crippen LogP contribution in [0.25, 0.3) is 0 Å². The number of esters is 1. The van der Waals surface area contributed by atoms with Gasteiger partial charge in [0.15, 0.2) is 5.96 Å². The van der Waals surface area contributed by atoms with Crippen molar-refractivity contribution in [1.29, 1.82) is 0 Å². The number of non-ortho nitro benzene ring substituents is 1. The number of hydrogen-bond donors (Lipinski definition) is 10. The number of ether oxygens (including phenoxy) is 1. The van der Waals surface area contributed by atoms with Gasteiger partial charge in [0.2, 0.25) is 41.4 Å². The number of carbonyl (C=O) groups excluding carboxylic acids is 8. The van der Waals surface area contributed by atoms with E-state index in [1.807, 2.05) is 11.8 Å². The maximum atomic E-state index is 15.5. The van der Waals surface area contributed by atoms with Crippen LogP contribution in [0, 0.1) is 22.0 Å². The molecular weight excluding hydrogens is 1050 g/mol. The monoisotopic (exact) mass is 1130 g/mol. The normalized spacial score (nSPS) is 20.7. The molecule has 7 amide bonds. The maximum absolute atomic E-state index is 15.5. The van der Waals surface area contributed by atoms with Gasteiger partial charge in [0.05, 0.1) is 22.9 Å². The van der Waals surface area contributed by atoms with Crippen molar-refractivity contribution in [3.63, 3.8) is 0 Å². The zero-order chi connectivity index (χ0) is 59.9. The number of phenols is 1. The minimum absolute atomic E-state index is 0.000671. The van der Waals surface area contributed by atoms with Gasteiger partial charge < -0.3 is 68.5 Å². The number of benzene rings is 3. The first-order chi connectivity index (χ1) is 38.4. The molecule has 4 rings (SSSR count). The Morgan fingerprint density at radius 1 is 0.802 bits per heavy atom. The number of guanidine groups is 1. The lowest BCUT2D eigenvalue weighted by Gasteiger charge is -2.37. The van der Waals surface area contributed by atoms with Crippen LogP contribution in [0.3, 0.4) is 0 Å². The number of amides is 7. The third kappa shape index (κ3) is 20.8. The number of nitro groups is 1. The fraction of sp³-hybridized carbons (Fsp3) is 0.500. The Bertz CT molecular complexity index is 2700. The van der Waals surface area contributed by atoms with Crippen molar-refractivity contribution in [3.8, 4) is 5.75 Å². The average Bonchev–Trinajstić information content (AvgIpc) is 3.43. The van der Waals surface area contributed by atoms with E-state index in [4.69, 9.17) is 21.9 Å². The van der Waals surface area contributed by atoms with Crippen LogP contribution >= 0.6 is 0 Å². The summed E-state index contributed by atoms with van der Waals surface area (Å²) in [4.78, 5) is 131. The Morgan fingerprint density at radius 2 is 1.40 bits per heavy atom. The van der Waals surface area contributed by atoms with Crippen LogP contribution in [0.5, 0.6) is 5.75 Å². The van der Waals surface area contributed by atoms with Crippen molar-refractivity contribution in [2.75, 3.05) is 37.7 Å². The van der Waals surface area contributed by atoms with Gasteiger partial charge in [-0.05, 0) is 105 Å². The number of rotatable bonds is 23. The van der Waals surface area contributed by atoms with Gasteiger partial charge in [-0.3, -0.25) is 48.7 Å². The highest BCUT2D eigenvalue weighted by Gasteiger charge is 2.41. The molecule has 1 aliphatic rings. The van der Waals surface area contributed by atoms with Crippen LogP contribution in [0.2, 0.25) is 0 Å². The summed E-state index contributed by atoms with van der Waals surface area (Å²) in [6.45, 7) is 9.29. The SMILES string of the molecule is CCN(CCN1C(=O)[C@H](CC(C)C)NC(=O)C(CO)NC(=O)C(CCCN=C(N)N)NC(=O)[C@@H](NC(=O)CCCC(N)=O)[C@@H](C)OC(=O)[C@H](C(C)C)NC(=O)[C@@H]1Cc1ccc(O)cc1)c1ccc(N=Nc2ccc([N+](=O)[O-])cc2)cc1. The van der Waals surface area contributed by atoms with Gasteiger partial charge in [-0.15, -0.1) is 0 Å². The first-order valence-corrected chi connectivity index (χ1v) is 26.7. The minimum atomic E-state index is -1.72. The van der Waals surface area contributed by atoms with Crippen LogP contribution in [0.4, 0.5) is 22.7 Å². The number of anilines is 1. The number of carbonyl (C=O) groups is 8. The van der Waals surface area contributed by atoms with Crippen LogP contribution < -0.4 is 48.7 Å². The summed E-state index contributed by atoms with van der Waals surface area (Å²) in [5.74, 6) is -8.36. The minimum Gasteiger partial charge on any atom is -0.508 e. The third-order valence-electron chi connectivity index (χ3n) is 13.0. The summed E-state index contributed by atoms with van der Waals surface area (Å²) >= 11 is 0. The van der Waals surface area contributed by atoms with Gasteiger partial charge in [-0.2, -0.15) is 10.2 Å². The van der Waals surface area contributed by atoms with E-state index in [2.05, 4.69) is 41.8 Å². The second-order valence-electron chi connectivity index (χ2n) is 20.2. The predicted octanol–water partition coefficient (Wildman–Crippen LogP) is 1.75. The molecule has 0 spiro atoms. The summed E-state index contributed by atoms with van der Waals surface area (Å²) in [5.41, 5.74) is 18.2. The summed E-state index contributed by atoms with van der Waals surface area (Å²) in [6, 6.07) is 9.14. The highest BCUT2D eigenvalue weighted by molar-refractivity contribution is 5.97. The van der Waals surface area contributed by atoms with Crippen molar-refractivity contribution in [2.24, 2.45) is 44.3 Å². The van der Waals surface area contributed by atoms with Crippen LogP contribution in [0.1, 0.15) is 85.6 Å². The Hall–Kier alpha value is -8.75. The number of azo groups is 1. The van der Waals surface area contributed by atoms with Gasteiger partial charge in [0.25, 0.3) is 5.69 Å². The third-order valence-corrected chi connectivity index (χ3v) is 13.0. The fourth-order valence-electron chi connectivity index (χ4n) is 8.61. The van der Waals surface area contributed by atoms with E-state index in [0.29, 0.717) is 29.2 Å². The number of aromatic hydroxyl groups is 1. The van der Waals surface area contributed by atoms with Crippen LogP contribution in [0.15, 0.2) is 88.0 Å². The lowest BCUT2D eigenvalue weighted by Crippen LogP contribution is -2.62. The number of hydrogen-bond acceptors (Lipinski definition) is 17. The summed E-state index contributed by atoms with van der Waals surface area (Å²) in [6.07, 6.45) is -2.23. The smallest absolute Gasteiger partial charge is 0.329 e. The van der Waals surface area contributed by atoms with Crippen molar-refractivity contribution >= 4 is 76.0 Å². The molecule has 1 saturated heterocycles. The van der Waals surface area contributed by atoms with Crippen molar-refractivity contribution in [3.05, 3.63) is 88.5 Å². The number of aliphatic hydroxyl groups excluding tert-OH is 1. The number of nitrogens with two attached hydrogens (primary N) is 3. The van der Waals surface area contributed by atoms with E-state index < -0.39 is 107 Å². The molecule has 27 heteroatoms. The van der Waals surface area contributed by atoms with Gasteiger partial charge >= 0.3 is 5.97 Å². The second kappa shape index (κ2) is 31.7. The number of nitro benzene ring substituents is 1. The maximum Gasteiger partial charge on any atom is 0.329 e. The van der Waals surface area contributed by atoms with Gasteiger partial charge in [-0.25, -0.2) is 4.79 Å². The number of nitrogens with one attached hydrogen (secondary N) is 5. The molecule has 0 radical (unpaired) electrons. The molecule has 27 nitrogen and oxygen atoms in total. The molecule has 0 aromatic heterocycles. The lowest BCUT2D eigenvalue weighted by atomic mass is 9.97. The van der Waals surface area contributed by atoms with Crippen molar-refractivity contribution in [1.82, 2.24) is 31.5 Å². The van der Waals surface area contributed by atoms with E-state index in [-0.39, 0.29) is 87.9 Å². The first kappa shape index (κ1) is 64.8. The molecule has 13 N–H and O–H groups in total. The molecule has 1 fully saturated rings. The standard InChI is InChI=1S/C54H76N14O13/c1-7-66(37-19-15-35(16-20-37)64-65-36-17-21-38(22-18-36)68(79)80)26-27-67-43(29-34-13-23-39(70)24-14-34)50(75)63-46(32(4)5)53(78)81-33(6)47(62-45(72)12-8-11-44(55)71)51(76)59-40(10-9-25-58-54(56)57)48(73)61-42(30-69)49(74)60-41(52(67)77)28-31(2)3/h13-24,31-33,40-43,46-47,69-70H,7-12,25-30H2,1-6H3,(H2,55,71)(H,59,76)(H,60,74)(H,61,73)(H,62,72)(H,63,75)(H4,56,57,58)/t33-,40?,41+,42?,43+,46+,47+/m1/s1. The van der Waals surface area contributed by atoms with Crippen molar-refractivity contribution < 1.29 is 58.2 Å². The molecule has 0 aliphatic carbocycles. The predicted molar refractivity (Wildman–Crippen MR) is 298 cm³/mol. The quantitative estimate of drug-likeness (QED) is 0.0123. The molecule has 3 aromatic rings. The molecule has 0 bridgehead atoms. The lowest BCUT2D eigenvalue weighted by molar-refractivity contribution is -0.384. The van der Waals surface area contributed by atoms with Gasteiger partial charge in [0.1, 0.15) is 48.1 Å². The molecular formula is C54H76N14O13. The average molecular weight is 1130 g/mol. The first-order valence-electron chi connectivity index (χ1n) is 26.7. The van der Waals surface area contributed by atoms with Gasteiger partial charge in [0, 0.05) is 63.3 Å². The Labute approximate surface area is 469 Å². The Balaban J connectivity index is 1.86. The molecule has 2 unspecified atom stereocenters. The Kier molecular flexibility index (Phi) is 25.4. The second-order valence-corrected chi connectivity index (χ2v) is 20.2. The zero-order valence-electron chi connectivity index (χ0n) is 46.4. The van der Waals surface area contributed by atoms with E-state index in [0.717, 1.165) is 0 Å². The number of likely N-dealkylation sites (N-methyl/N-ethyl adjacent to an activating group) is 1. The summed E-state index contributed by atoms with van der Waals surface area (Å²) < 4.78 is 5.89. The molecule has 0 saturated carbocycles. The number of primary amides is 1. The molecule has 3 aromatic carbocycles. The molecule has 440 valence electrons. The fourth-order valence-corrected chi connectivity index (χ4v) is 8.61. The number of nitrogens with zero attached hydrogens (tertiary/aromatic N) is 6. The van der Waals surface area contributed by atoms with Crippen LogP contribution in [-0.2, 0) is 49.5 Å². The summed E-state index contributed by atoms with van der Waals surface area (Å²) in [5, 5.41) is 53.5.